The fourth-order valence-corrected chi connectivity index (χ4v) is 1.25. The van der Waals surface area contributed by atoms with Crippen LogP contribution in [0, 0.1) is 0 Å². The van der Waals surface area contributed by atoms with Crippen molar-refractivity contribution in [2.75, 3.05) is 0 Å². The number of nitrogens with zero attached hydrogens (tertiary/aromatic N) is 3. The van der Waals surface area contributed by atoms with Crippen LogP contribution in [-0.2, 0) is 7.05 Å². The average molecular weight is 194 g/mol. The Labute approximate surface area is 81.0 Å². The van der Waals surface area contributed by atoms with Gasteiger partial charge < -0.3 is 4.57 Å². The number of hydrogen-bond donors (Lipinski definition) is 0. The maximum absolute atomic E-state index is 5.83. The molecule has 0 amide bonds. The normalized spacial score (nSPS) is 10.3. The van der Waals surface area contributed by atoms with E-state index in [1.54, 1.807) is 24.7 Å². The van der Waals surface area contributed by atoms with Crippen molar-refractivity contribution in [1.82, 2.24) is 14.5 Å². The van der Waals surface area contributed by atoms with Gasteiger partial charge in [0.25, 0.3) is 0 Å². The molecule has 0 fully saturated rings. The summed E-state index contributed by atoms with van der Waals surface area (Å²) in [6.07, 6.45) is 5.31. The van der Waals surface area contributed by atoms with Gasteiger partial charge in [0.2, 0.25) is 0 Å². The van der Waals surface area contributed by atoms with E-state index in [1.807, 2.05) is 17.8 Å². The topological polar surface area (TPSA) is 30.7 Å². The molecule has 66 valence electrons. The molecule has 0 radical (unpaired) electrons. The molecule has 0 N–H and O–H groups in total. The Hall–Kier alpha value is -1.35. The van der Waals surface area contributed by atoms with Crippen LogP contribution < -0.4 is 0 Å². The van der Waals surface area contributed by atoms with E-state index >= 15 is 0 Å². The van der Waals surface area contributed by atoms with Gasteiger partial charge in [-0.3, -0.25) is 4.98 Å². The van der Waals surface area contributed by atoms with E-state index in [2.05, 4.69) is 9.97 Å². The monoisotopic (exact) mass is 193 g/mol. The molecule has 0 aliphatic rings. The first-order chi connectivity index (χ1) is 6.25. The molecule has 2 aromatic heterocycles. The maximum Gasteiger partial charge on any atom is 0.107 e. The molecule has 0 aliphatic heterocycles. The lowest BCUT2D eigenvalue weighted by molar-refractivity contribution is 0.913. The quantitative estimate of drug-likeness (QED) is 0.695. The molecule has 0 saturated carbocycles. The largest absolute Gasteiger partial charge is 0.340 e. The molecule has 0 spiro atoms. The van der Waals surface area contributed by atoms with Crippen molar-refractivity contribution in [3.8, 4) is 11.4 Å². The van der Waals surface area contributed by atoms with Crippen molar-refractivity contribution in [1.29, 1.82) is 0 Å². The SMILES string of the molecule is Cn1cnc(-c2cc(Cl)ccn2)c1. The van der Waals surface area contributed by atoms with Crippen LogP contribution in [0.2, 0.25) is 5.02 Å². The molecule has 0 bridgehead atoms. The lowest BCUT2D eigenvalue weighted by Crippen LogP contribution is -1.82. The van der Waals surface area contributed by atoms with Gasteiger partial charge in [0.15, 0.2) is 0 Å². The zero-order valence-electron chi connectivity index (χ0n) is 7.11. The lowest BCUT2D eigenvalue weighted by atomic mass is 10.3. The summed E-state index contributed by atoms with van der Waals surface area (Å²) in [4.78, 5) is 8.33. The number of aryl methyl sites for hydroxylation is 1. The van der Waals surface area contributed by atoms with E-state index < -0.39 is 0 Å². The molecular formula is C9H8ClN3. The van der Waals surface area contributed by atoms with Crippen LogP contribution in [0.25, 0.3) is 11.4 Å². The predicted molar refractivity (Wildman–Crippen MR) is 51.4 cm³/mol. The van der Waals surface area contributed by atoms with E-state index in [0.29, 0.717) is 5.02 Å². The highest BCUT2D eigenvalue weighted by molar-refractivity contribution is 6.30. The van der Waals surface area contributed by atoms with Crippen molar-refractivity contribution in [2.24, 2.45) is 7.05 Å². The molecule has 3 nitrogen and oxygen atoms in total. The van der Waals surface area contributed by atoms with Crippen LogP contribution in [0.4, 0.5) is 0 Å². The van der Waals surface area contributed by atoms with E-state index in [1.165, 1.54) is 0 Å². The number of halogens is 1. The van der Waals surface area contributed by atoms with Gasteiger partial charge in [-0.15, -0.1) is 0 Å². The number of rotatable bonds is 1. The fraction of sp³-hybridized carbons (Fsp3) is 0.111. The van der Waals surface area contributed by atoms with Crippen LogP contribution in [0.1, 0.15) is 0 Å². The summed E-state index contributed by atoms with van der Waals surface area (Å²) >= 11 is 5.83. The second-order valence-electron chi connectivity index (χ2n) is 2.78. The first kappa shape index (κ1) is 8.26. The molecule has 0 aliphatic carbocycles. The molecule has 2 aromatic rings. The van der Waals surface area contributed by atoms with Crippen molar-refractivity contribution in [3.05, 3.63) is 35.9 Å². The van der Waals surface area contributed by atoms with Crippen LogP contribution >= 0.6 is 11.6 Å². The smallest absolute Gasteiger partial charge is 0.107 e. The first-order valence-electron chi connectivity index (χ1n) is 3.85. The summed E-state index contributed by atoms with van der Waals surface area (Å²) < 4.78 is 1.87. The minimum Gasteiger partial charge on any atom is -0.340 e. The Morgan fingerprint density at radius 3 is 2.77 bits per heavy atom. The Balaban J connectivity index is 2.46. The predicted octanol–water partition coefficient (Wildman–Crippen LogP) is 2.14. The minimum absolute atomic E-state index is 0.677. The van der Waals surface area contributed by atoms with Gasteiger partial charge in [-0.25, -0.2) is 4.98 Å². The Morgan fingerprint density at radius 1 is 1.31 bits per heavy atom. The van der Waals surface area contributed by atoms with Crippen molar-refractivity contribution < 1.29 is 0 Å². The number of hydrogen-bond acceptors (Lipinski definition) is 2. The molecule has 0 aromatic carbocycles. The average Bonchev–Trinajstić information content (AvgIpc) is 2.52. The number of imidazole rings is 1. The zero-order valence-corrected chi connectivity index (χ0v) is 7.86. The van der Waals surface area contributed by atoms with Gasteiger partial charge in [-0.2, -0.15) is 0 Å². The molecule has 2 rings (SSSR count). The standard InChI is InChI=1S/C9H8ClN3/c1-13-5-9(12-6-13)8-4-7(10)2-3-11-8/h2-6H,1H3. The summed E-state index contributed by atoms with van der Waals surface area (Å²) in [5, 5.41) is 0.677. The van der Waals surface area contributed by atoms with E-state index in [4.69, 9.17) is 11.6 Å². The van der Waals surface area contributed by atoms with Crippen molar-refractivity contribution >= 4 is 11.6 Å². The summed E-state index contributed by atoms with van der Waals surface area (Å²) in [6.45, 7) is 0. The Kier molecular flexibility index (Phi) is 2.02. The second kappa shape index (κ2) is 3.18. The molecule has 0 atom stereocenters. The third kappa shape index (κ3) is 1.70. The van der Waals surface area contributed by atoms with Crippen LogP contribution in [0.3, 0.4) is 0 Å². The van der Waals surface area contributed by atoms with Gasteiger partial charge in [0.05, 0.1) is 12.0 Å². The van der Waals surface area contributed by atoms with Gasteiger partial charge in [0, 0.05) is 24.5 Å². The van der Waals surface area contributed by atoms with Crippen LogP contribution in [-0.4, -0.2) is 14.5 Å². The minimum atomic E-state index is 0.677. The highest BCUT2D eigenvalue weighted by Gasteiger charge is 2.01. The maximum atomic E-state index is 5.83. The highest BCUT2D eigenvalue weighted by Crippen LogP contribution is 2.17. The fourth-order valence-electron chi connectivity index (χ4n) is 1.09. The lowest BCUT2D eigenvalue weighted by Gasteiger charge is -1.94. The van der Waals surface area contributed by atoms with Gasteiger partial charge in [0.1, 0.15) is 5.69 Å². The third-order valence-corrected chi connectivity index (χ3v) is 1.92. The summed E-state index contributed by atoms with van der Waals surface area (Å²) in [5.41, 5.74) is 1.64. The van der Waals surface area contributed by atoms with Crippen LogP contribution in [0.5, 0.6) is 0 Å². The zero-order chi connectivity index (χ0) is 9.26. The van der Waals surface area contributed by atoms with E-state index in [9.17, 15) is 0 Å². The van der Waals surface area contributed by atoms with Gasteiger partial charge in [-0.05, 0) is 12.1 Å². The Morgan fingerprint density at radius 2 is 2.15 bits per heavy atom. The van der Waals surface area contributed by atoms with E-state index in [-0.39, 0.29) is 0 Å². The number of pyridine rings is 1. The number of aromatic nitrogens is 3. The second-order valence-corrected chi connectivity index (χ2v) is 3.22. The van der Waals surface area contributed by atoms with E-state index in [0.717, 1.165) is 11.4 Å². The van der Waals surface area contributed by atoms with Crippen LogP contribution in [0.15, 0.2) is 30.9 Å². The molecule has 13 heavy (non-hydrogen) atoms. The van der Waals surface area contributed by atoms with Gasteiger partial charge in [-0.1, -0.05) is 11.6 Å². The summed E-state index contributed by atoms with van der Waals surface area (Å²) in [6, 6.07) is 3.54. The molecule has 4 heteroatoms. The Bertz CT molecular complexity index is 422. The van der Waals surface area contributed by atoms with Gasteiger partial charge >= 0.3 is 0 Å². The highest BCUT2D eigenvalue weighted by atomic mass is 35.5. The molecule has 0 saturated heterocycles. The molecule has 0 unspecified atom stereocenters. The third-order valence-electron chi connectivity index (χ3n) is 1.69. The van der Waals surface area contributed by atoms with Crippen molar-refractivity contribution in [2.45, 2.75) is 0 Å². The van der Waals surface area contributed by atoms with Crippen molar-refractivity contribution in [3.63, 3.8) is 0 Å². The summed E-state index contributed by atoms with van der Waals surface area (Å²) in [7, 11) is 1.92. The first-order valence-corrected chi connectivity index (χ1v) is 4.23. The summed E-state index contributed by atoms with van der Waals surface area (Å²) in [5.74, 6) is 0. The molecule has 2 heterocycles. The molecular weight excluding hydrogens is 186 g/mol.